The molecule has 0 saturated carbocycles. The summed E-state index contributed by atoms with van der Waals surface area (Å²) in [5.74, 6) is -0.540. The van der Waals surface area contributed by atoms with E-state index in [1.165, 1.54) is 31.2 Å². The van der Waals surface area contributed by atoms with E-state index < -0.39 is 32.9 Å². The molecule has 0 radical (unpaired) electrons. The molecule has 8 nitrogen and oxygen atoms in total. The molecule has 3 N–H and O–H groups in total. The lowest BCUT2D eigenvalue weighted by Crippen LogP contribution is -2.23. The number of hydrogen-bond acceptors (Lipinski definition) is 6. The first-order valence-electron chi connectivity index (χ1n) is 8.08. The standard InChI is InChI=1S/C16H13ClF3N5O3S2/c1-8(14(26)22-10-3-2-4-11(6-10)30(21,27)28)29-15-24-23-13-12(17)5-9(7-25(13)15)16(18,19)20/h2-8H,1H3,(H,22,26)(H2,21,27,28). The monoisotopic (exact) mass is 479 g/mol. The molecule has 0 saturated heterocycles. The number of alkyl halides is 3. The molecule has 14 heteroatoms. The summed E-state index contributed by atoms with van der Waals surface area (Å²) in [6, 6.07) is 6.07. The zero-order valence-corrected chi connectivity index (χ0v) is 17.4. The van der Waals surface area contributed by atoms with Gasteiger partial charge < -0.3 is 5.32 Å². The van der Waals surface area contributed by atoms with Crippen LogP contribution < -0.4 is 10.5 Å². The number of thioether (sulfide) groups is 1. The molecular weight excluding hydrogens is 467 g/mol. The highest BCUT2D eigenvalue weighted by molar-refractivity contribution is 8.00. The second-order valence-electron chi connectivity index (χ2n) is 6.07. The maximum Gasteiger partial charge on any atom is 0.417 e. The van der Waals surface area contributed by atoms with Crippen molar-refractivity contribution < 1.29 is 26.4 Å². The van der Waals surface area contributed by atoms with Gasteiger partial charge in [-0.2, -0.15) is 13.2 Å². The van der Waals surface area contributed by atoms with Gasteiger partial charge in [0.15, 0.2) is 10.8 Å². The number of aromatic nitrogens is 3. The minimum absolute atomic E-state index is 0.0145. The molecule has 0 aliphatic rings. The summed E-state index contributed by atoms with van der Waals surface area (Å²) < 4.78 is 63.0. The van der Waals surface area contributed by atoms with E-state index in [4.69, 9.17) is 16.7 Å². The van der Waals surface area contributed by atoms with Crippen LogP contribution in [-0.4, -0.2) is 34.2 Å². The van der Waals surface area contributed by atoms with Crippen LogP contribution in [-0.2, 0) is 21.0 Å². The molecule has 3 aromatic rings. The number of hydrogen-bond donors (Lipinski definition) is 2. The van der Waals surface area contributed by atoms with Crippen molar-refractivity contribution in [2.24, 2.45) is 5.14 Å². The van der Waals surface area contributed by atoms with Crippen LogP contribution >= 0.6 is 23.4 Å². The molecule has 160 valence electrons. The fourth-order valence-electron chi connectivity index (χ4n) is 2.38. The van der Waals surface area contributed by atoms with Gasteiger partial charge in [0.2, 0.25) is 15.9 Å². The molecule has 0 spiro atoms. The summed E-state index contributed by atoms with van der Waals surface area (Å²) in [5, 5.41) is 14.1. The number of sulfonamides is 1. The third-order valence-electron chi connectivity index (χ3n) is 3.84. The lowest BCUT2D eigenvalue weighted by molar-refractivity contribution is -0.137. The first kappa shape index (κ1) is 22.3. The predicted octanol–water partition coefficient (Wildman–Crippen LogP) is 3.17. The molecule has 1 amide bonds. The molecule has 0 aliphatic carbocycles. The van der Waals surface area contributed by atoms with Crippen molar-refractivity contribution in [3.63, 3.8) is 0 Å². The van der Waals surface area contributed by atoms with Gasteiger partial charge in [0.1, 0.15) is 0 Å². The summed E-state index contributed by atoms with van der Waals surface area (Å²) >= 11 is 6.72. The van der Waals surface area contributed by atoms with Crippen molar-refractivity contribution in [2.45, 2.75) is 28.4 Å². The first-order chi connectivity index (χ1) is 13.9. The maximum atomic E-state index is 13.0. The number of nitrogens with zero attached hydrogens (tertiary/aromatic N) is 3. The van der Waals surface area contributed by atoms with Crippen LogP contribution in [0.25, 0.3) is 5.65 Å². The fourth-order valence-corrected chi connectivity index (χ4v) is 4.00. The number of nitrogens with two attached hydrogens (primary N) is 1. The number of nitrogens with one attached hydrogen (secondary N) is 1. The zero-order valence-electron chi connectivity index (χ0n) is 15.0. The van der Waals surface area contributed by atoms with Crippen molar-refractivity contribution >= 4 is 50.6 Å². The number of halogens is 4. The van der Waals surface area contributed by atoms with E-state index in [1.54, 1.807) is 0 Å². The van der Waals surface area contributed by atoms with Crippen molar-refractivity contribution in [1.82, 2.24) is 14.6 Å². The number of amides is 1. The van der Waals surface area contributed by atoms with Gasteiger partial charge in [-0.1, -0.05) is 29.4 Å². The van der Waals surface area contributed by atoms with Crippen molar-refractivity contribution in [2.75, 3.05) is 5.32 Å². The summed E-state index contributed by atoms with van der Waals surface area (Å²) in [5.41, 5.74) is -0.785. The van der Waals surface area contributed by atoms with E-state index in [-0.39, 0.29) is 26.4 Å². The van der Waals surface area contributed by atoms with Gasteiger partial charge in [-0.05, 0) is 31.2 Å². The number of pyridine rings is 1. The Hall–Kier alpha value is -2.35. The Bertz CT molecular complexity index is 1230. The molecule has 0 fully saturated rings. The molecule has 1 unspecified atom stereocenters. The van der Waals surface area contributed by atoms with Gasteiger partial charge in [-0.15, -0.1) is 10.2 Å². The van der Waals surface area contributed by atoms with Crippen molar-refractivity contribution in [3.05, 3.63) is 47.1 Å². The van der Waals surface area contributed by atoms with Gasteiger partial charge in [0, 0.05) is 11.9 Å². The lowest BCUT2D eigenvalue weighted by atomic mass is 10.3. The highest BCUT2D eigenvalue weighted by atomic mass is 35.5. The topological polar surface area (TPSA) is 119 Å². The van der Waals surface area contributed by atoms with E-state index in [9.17, 15) is 26.4 Å². The molecule has 1 aromatic carbocycles. The van der Waals surface area contributed by atoms with Crippen LogP contribution in [0.5, 0.6) is 0 Å². The zero-order chi connectivity index (χ0) is 22.3. The Morgan fingerprint density at radius 1 is 1.30 bits per heavy atom. The maximum absolute atomic E-state index is 13.0. The van der Waals surface area contributed by atoms with E-state index in [2.05, 4.69) is 15.5 Å². The molecule has 30 heavy (non-hydrogen) atoms. The molecule has 2 heterocycles. The second kappa shape index (κ2) is 8.06. The number of fused-ring (bicyclic) bond motifs is 1. The third kappa shape index (κ3) is 4.86. The van der Waals surface area contributed by atoms with E-state index in [0.717, 1.165) is 28.4 Å². The number of benzene rings is 1. The van der Waals surface area contributed by atoms with Crippen LogP contribution in [0.2, 0.25) is 5.02 Å². The predicted molar refractivity (Wildman–Crippen MR) is 105 cm³/mol. The molecule has 2 aromatic heterocycles. The Morgan fingerprint density at radius 2 is 2.00 bits per heavy atom. The second-order valence-corrected chi connectivity index (χ2v) is 9.35. The van der Waals surface area contributed by atoms with E-state index >= 15 is 0 Å². The fraction of sp³-hybridized carbons (Fsp3) is 0.188. The molecule has 1 atom stereocenters. The first-order valence-corrected chi connectivity index (χ1v) is 10.9. The van der Waals surface area contributed by atoms with Gasteiger partial charge in [-0.3, -0.25) is 9.20 Å². The highest BCUT2D eigenvalue weighted by Crippen LogP contribution is 2.34. The van der Waals surface area contributed by atoms with Crippen LogP contribution in [0.3, 0.4) is 0 Å². The Kier molecular flexibility index (Phi) is 6.00. The van der Waals surface area contributed by atoms with Gasteiger partial charge in [0.05, 0.1) is 20.7 Å². The Labute approximate surface area is 177 Å². The number of anilines is 1. The Balaban J connectivity index is 1.82. The number of rotatable bonds is 5. The third-order valence-corrected chi connectivity index (χ3v) is 6.08. The molecular formula is C16H13ClF3N5O3S2. The van der Waals surface area contributed by atoms with Crippen LogP contribution in [0.1, 0.15) is 12.5 Å². The lowest BCUT2D eigenvalue weighted by Gasteiger charge is -2.12. The summed E-state index contributed by atoms with van der Waals surface area (Å²) in [6.07, 6.45) is -3.83. The van der Waals surface area contributed by atoms with Gasteiger partial charge in [-0.25, -0.2) is 13.6 Å². The normalized spacial score (nSPS) is 13.4. The smallest absolute Gasteiger partial charge is 0.325 e. The molecule has 0 bridgehead atoms. The van der Waals surface area contributed by atoms with Crippen molar-refractivity contribution in [3.8, 4) is 0 Å². The average Bonchev–Trinajstić information content (AvgIpc) is 3.04. The van der Waals surface area contributed by atoms with Crippen molar-refractivity contribution in [1.29, 1.82) is 0 Å². The minimum Gasteiger partial charge on any atom is -0.325 e. The summed E-state index contributed by atoms with van der Waals surface area (Å²) in [7, 11) is -3.95. The SMILES string of the molecule is CC(Sc1nnc2c(Cl)cc(C(F)(F)F)cn12)C(=O)Nc1cccc(S(N)(=O)=O)c1. The Morgan fingerprint density at radius 3 is 2.63 bits per heavy atom. The number of carbonyl (C=O) groups is 1. The number of primary sulfonamides is 1. The quantitative estimate of drug-likeness (QED) is 0.542. The summed E-state index contributed by atoms with van der Waals surface area (Å²) in [4.78, 5) is 12.3. The van der Waals surface area contributed by atoms with Gasteiger partial charge in [0.25, 0.3) is 0 Å². The van der Waals surface area contributed by atoms with Crippen LogP contribution in [0.15, 0.2) is 46.6 Å². The largest absolute Gasteiger partial charge is 0.417 e. The minimum atomic E-state index is -4.62. The van der Waals surface area contributed by atoms with E-state index in [1.807, 2.05) is 0 Å². The molecule has 3 rings (SSSR count). The molecule has 0 aliphatic heterocycles. The van der Waals surface area contributed by atoms with E-state index in [0.29, 0.717) is 0 Å². The average molecular weight is 480 g/mol. The number of carbonyl (C=O) groups excluding carboxylic acids is 1. The highest BCUT2D eigenvalue weighted by Gasteiger charge is 2.32. The van der Waals surface area contributed by atoms with Gasteiger partial charge >= 0.3 is 6.18 Å². The summed E-state index contributed by atoms with van der Waals surface area (Å²) in [6.45, 7) is 1.50. The van der Waals surface area contributed by atoms with Crippen LogP contribution in [0.4, 0.5) is 18.9 Å². The van der Waals surface area contributed by atoms with Crippen LogP contribution in [0, 0.1) is 0 Å².